The number of fused-ring (bicyclic) bond motifs is 1. The van der Waals surface area contributed by atoms with Crippen molar-refractivity contribution in [1.82, 2.24) is 4.72 Å². The summed E-state index contributed by atoms with van der Waals surface area (Å²) in [6, 6.07) is 5.35. The molecule has 6 nitrogen and oxygen atoms in total. The Bertz CT molecular complexity index is 847. The van der Waals surface area contributed by atoms with Gasteiger partial charge in [0.05, 0.1) is 4.75 Å². The highest BCUT2D eigenvalue weighted by Crippen LogP contribution is 2.29. The van der Waals surface area contributed by atoms with Gasteiger partial charge in [-0.05, 0) is 76.6 Å². The molecule has 0 radical (unpaired) electrons. The van der Waals surface area contributed by atoms with Gasteiger partial charge in [-0.3, -0.25) is 9.59 Å². The third-order valence-electron chi connectivity index (χ3n) is 5.52. The fourth-order valence-electron chi connectivity index (χ4n) is 3.65. The highest BCUT2D eigenvalue weighted by atomic mass is 32.2. The maximum atomic E-state index is 12.6. The van der Waals surface area contributed by atoms with Crippen molar-refractivity contribution < 1.29 is 18.0 Å². The van der Waals surface area contributed by atoms with Crippen LogP contribution in [0.3, 0.4) is 0 Å². The van der Waals surface area contributed by atoms with Gasteiger partial charge < -0.3 is 5.32 Å². The average molecular weight is 393 g/mol. The first kappa shape index (κ1) is 20.0. The van der Waals surface area contributed by atoms with Crippen LogP contribution in [0.15, 0.2) is 18.2 Å². The summed E-state index contributed by atoms with van der Waals surface area (Å²) < 4.78 is 26.5. The lowest BCUT2D eigenvalue weighted by Crippen LogP contribution is -2.46. The zero-order chi connectivity index (χ0) is 19.8. The number of hydrogen-bond donors (Lipinski definition) is 2. The third kappa shape index (κ3) is 4.41. The Morgan fingerprint density at radius 1 is 1.07 bits per heavy atom. The number of aryl methyl sites for hydroxylation is 1. The second-order valence-corrected chi connectivity index (χ2v) is 11.0. The summed E-state index contributed by atoms with van der Waals surface area (Å²) in [4.78, 5) is 24.3. The van der Waals surface area contributed by atoms with E-state index in [-0.39, 0.29) is 23.7 Å². The molecule has 0 saturated heterocycles. The van der Waals surface area contributed by atoms with Gasteiger partial charge in [-0.1, -0.05) is 0 Å². The van der Waals surface area contributed by atoms with E-state index in [0.717, 1.165) is 23.2 Å². The standard InChI is InChI=1S/C20H28N2O4S/c1-20(2,3)27(25,26)22-15-7-4-13(5-8-15)19(24)21-16-9-10-17-14(12-16)6-11-18(17)23/h9-10,12-13,15,22H,4-8,11H2,1-3H3,(H,21,24)/t13-,15-. The van der Waals surface area contributed by atoms with Gasteiger partial charge >= 0.3 is 0 Å². The molecule has 2 aliphatic carbocycles. The van der Waals surface area contributed by atoms with Gasteiger partial charge in [0.1, 0.15) is 0 Å². The van der Waals surface area contributed by atoms with E-state index in [9.17, 15) is 18.0 Å². The van der Waals surface area contributed by atoms with E-state index < -0.39 is 14.8 Å². The maximum Gasteiger partial charge on any atom is 0.227 e. The SMILES string of the molecule is CC(C)(C)S(=O)(=O)N[C@H]1CC[C@H](C(=O)Nc2ccc3c(c2)CCC3=O)CC1. The maximum absolute atomic E-state index is 12.6. The van der Waals surface area contributed by atoms with E-state index in [2.05, 4.69) is 10.0 Å². The Morgan fingerprint density at radius 3 is 2.37 bits per heavy atom. The van der Waals surface area contributed by atoms with Gasteiger partial charge in [-0.15, -0.1) is 0 Å². The average Bonchev–Trinajstić information content (AvgIpc) is 2.95. The molecule has 0 heterocycles. The Labute approximate surface area is 161 Å². The van der Waals surface area contributed by atoms with Crippen LogP contribution in [0.4, 0.5) is 5.69 Å². The van der Waals surface area contributed by atoms with Crippen molar-refractivity contribution in [3.63, 3.8) is 0 Å². The van der Waals surface area contributed by atoms with Gasteiger partial charge in [0.2, 0.25) is 15.9 Å². The molecule has 0 spiro atoms. The number of hydrogen-bond acceptors (Lipinski definition) is 4. The van der Waals surface area contributed by atoms with E-state index in [1.807, 2.05) is 6.07 Å². The van der Waals surface area contributed by atoms with E-state index in [1.54, 1.807) is 32.9 Å². The molecule has 1 aromatic rings. The van der Waals surface area contributed by atoms with Gasteiger partial charge in [0, 0.05) is 29.6 Å². The number of benzene rings is 1. The molecule has 0 unspecified atom stereocenters. The molecule has 0 aromatic heterocycles. The molecular formula is C20H28N2O4S. The largest absolute Gasteiger partial charge is 0.326 e. The number of amides is 1. The summed E-state index contributed by atoms with van der Waals surface area (Å²) >= 11 is 0. The van der Waals surface area contributed by atoms with Crippen molar-refractivity contribution in [1.29, 1.82) is 0 Å². The van der Waals surface area contributed by atoms with Crippen LogP contribution < -0.4 is 10.0 Å². The first-order valence-corrected chi connectivity index (χ1v) is 11.0. The van der Waals surface area contributed by atoms with Crippen molar-refractivity contribution in [3.05, 3.63) is 29.3 Å². The number of anilines is 1. The van der Waals surface area contributed by atoms with Crippen LogP contribution in [0.5, 0.6) is 0 Å². The van der Waals surface area contributed by atoms with Crippen LogP contribution in [-0.2, 0) is 21.2 Å². The Kier molecular flexibility index (Phi) is 5.45. The van der Waals surface area contributed by atoms with Crippen molar-refractivity contribution in [3.8, 4) is 0 Å². The fourth-order valence-corrected chi connectivity index (χ4v) is 4.68. The van der Waals surface area contributed by atoms with Crippen LogP contribution in [0.2, 0.25) is 0 Å². The zero-order valence-electron chi connectivity index (χ0n) is 16.2. The molecule has 27 heavy (non-hydrogen) atoms. The Balaban J connectivity index is 1.54. The van der Waals surface area contributed by atoms with Crippen molar-refractivity contribution in [2.45, 2.75) is 70.1 Å². The number of carbonyl (C=O) groups excluding carboxylic acids is 2. The number of Topliss-reactive ketones (excluding diaryl/α,β-unsaturated/α-hetero) is 1. The minimum absolute atomic E-state index is 0.0311. The van der Waals surface area contributed by atoms with Crippen molar-refractivity contribution >= 4 is 27.4 Å². The molecule has 2 aliphatic rings. The smallest absolute Gasteiger partial charge is 0.227 e. The van der Waals surface area contributed by atoms with Gasteiger partial charge in [0.25, 0.3) is 0 Å². The second-order valence-electron chi connectivity index (χ2n) is 8.57. The predicted molar refractivity (Wildman–Crippen MR) is 105 cm³/mol. The van der Waals surface area contributed by atoms with E-state index in [4.69, 9.17) is 0 Å². The van der Waals surface area contributed by atoms with E-state index in [1.165, 1.54) is 0 Å². The highest BCUT2D eigenvalue weighted by molar-refractivity contribution is 7.90. The van der Waals surface area contributed by atoms with E-state index >= 15 is 0 Å². The van der Waals surface area contributed by atoms with Crippen molar-refractivity contribution in [2.75, 3.05) is 5.32 Å². The molecular weight excluding hydrogens is 364 g/mol. The van der Waals surface area contributed by atoms with Gasteiger partial charge in [0.15, 0.2) is 5.78 Å². The lowest BCUT2D eigenvalue weighted by Gasteiger charge is -2.30. The molecule has 2 N–H and O–H groups in total. The minimum atomic E-state index is -3.37. The molecule has 1 amide bonds. The summed E-state index contributed by atoms with van der Waals surface area (Å²) in [5.41, 5.74) is 2.49. The zero-order valence-corrected chi connectivity index (χ0v) is 17.0. The normalized spacial score (nSPS) is 23.1. The molecule has 148 valence electrons. The lowest BCUT2D eigenvalue weighted by molar-refractivity contribution is -0.120. The van der Waals surface area contributed by atoms with Gasteiger partial charge in [-0.25, -0.2) is 13.1 Å². The summed E-state index contributed by atoms with van der Waals surface area (Å²) in [5.74, 6) is 0.0191. The van der Waals surface area contributed by atoms with E-state index in [0.29, 0.717) is 32.1 Å². The molecule has 7 heteroatoms. The number of rotatable bonds is 4. The number of sulfonamides is 1. The molecule has 0 aliphatic heterocycles. The quantitative estimate of drug-likeness (QED) is 0.824. The minimum Gasteiger partial charge on any atom is -0.326 e. The first-order chi connectivity index (χ1) is 12.6. The second kappa shape index (κ2) is 7.36. The third-order valence-corrected chi connectivity index (χ3v) is 7.78. The lowest BCUT2D eigenvalue weighted by atomic mass is 9.86. The van der Waals surface area contributed by atoms with Crippen LogP contribution in [-0.4, -0.2) is 30.9 Å². The van der Waals surface area contributed by atoms with Crippen LogP contribution in [0.25, 0.3) is 0 Å². The summed E-state index contributed by atoms with van der Waals surface area (Å²) in [6.45, 7) is 5.04. The Hall–Kier alpha value is -1.73. The molecule has 3 rings (SSSR count). The molecule has 1 aromatic carbocycles. The summed E-state index contributed by atoms with van der Waals surface area (Å²) in [7, 11) is -3.37. The molecule has 1 saturated carbocycles. The number of carbonyl (C=O) groups is 2. The highest BCUT2D eigenvalue weighted by Gasteiger charge is 2.34. The summed E-state index contributed by atoms with van der Waals surface area (Å²) in [5, 5.41) is 2.95. The number of nitrogens with one attached hydrogen (secondary N) is 2. The molecule has 0 atom stereocenters. The Morgan fingerprint density at radius 2 is 1.74 bits per heavy atom. The fraction of sp³-hybridized carbons (Fsp3) is 0.600. The van der Waals surface area contributed by atoms with Gasteiger partial charge in [-0.2, -0.15) is 0 Å². The van der Waals surface area contributed by atoms with Crippen molar-refractivity contribution in [2.24, 2.45) is 5.92 Å². The molecule has 0 bridgehead atoms. The van der Waals surface area contributed by atoms with Crippen LogP contribution >= 0.6 is 0 Å². The van der Waals surface area contributed by atoms with Crippen LogP contribution in [0, 0.1) is 5.92 Å². The molecule has 1 fully saturated rings. The monoisotopic (exact) mass is 392 g/mol. The first-order valence-electron chi connectivity index (χ1n) is 9.56. The predicted octanol–water partition coefficient (Wildman–Crippen LogP) is 3.03. The topological polar surface area (TPSA) is 92.3 Å². The summed E-state index contributed by atoms with van der Waals surface area (Å²) in [6.07, 6.45) is 3.91. The van der Waals surface area contributed by atoms with Crippen LogP contribution in [0.1, 0.15) is 68.8 Å². The number of ketones is 1.